The quantitative estimate of drug-likeness (QED) is 0.714. The van der Waals surface area contributed by atoms with Crippen LogP contribution < -0.4 is 5.32 Å². The highest BCUT2D eigenvalue weighted by molar-refractivity contribution is 7.99. The number of carbonyl (C=O) groups is 1. The molecule has 0 saturated carbocycles. The Bertz CT molecular complexity index is 858. The maximum Gasteiger partial charge on any atom is 0.277 e. The molecule has 1 aromatic carbocycles. The number of pyridine rings is 1. The Balaban J connectivity index is 1.56. The highest BCUT2D eigenvalue weighted by Crippen LogP contribution is 2.22. The summed E-state index contributed by atoms with van der Waals surface area (Å²) in [4.78, 5) is 15.8. The molecule has 0 radical (unpaired) electrons. The van der Waals surface area contributed by atoms with Crippen molar-refractivity contribution in [2.45, 2.75) is 5.22 Å². The number of rotatable bonds is 5. The Morgan fingerprint density at radius 2 is 2.08 bits per heavy atom. The number of amides is 1. The first-order chi connectivity index (χ1) is 11.6. The van der Waals surface area contributed by atoms with Crippen LogP contribution in [0.5, 0.6) is 0 Å². The zero-order valence-corrected chi connectivity index (χ0v) is 12.9. The molecule has 2 heterocycles. The molecule has 0 fully saturated rings. The van der Waals surface area contributed by atoms with Crippen LogP contribution in [0.2, 0.25) is 0 Å². The number of nitrogens with one attached hydrogen (secondary N) is 1. The van der Waals surface area contributed by atoms with Gasteiger partial charge in [0, 0.05) is 24.1 Å². The van der Waals surface area contributed by atoms with Crippen LogP contribution >= 0.6 is 11.8 Å². The average Bonchev–Trinajstić information content (AvgIpc) is 3.06. The molecular weight excluding hydrogens is 338 g/mol. The van der Waals surface area contributed by atoms with Crippen molar-refractivity contribution in [3.8, 4) is 11.5 Å². The van der Waals surface area contributed by atoms with Gasteiger partial charge in [0.2, 0.25) is 11.8 Å². The number of benzene rings is 1. The minimum absolute atomic E-state index is 0.0202. The van der Waals surface area contributed by atoms with Crippen LogP contribution in [0.1, 0.15) is 0 Å². The van der Waals surface area contributed by atoms with Crippen molar-refractivity contribution in [2.75, 3.05) is 11.1 Å². The first-order valence-electron chi connectivity index (χ1n) is 6.73. The Hall–Kier alpha value is -2.81. The van der Waals surface area contributed by atoms with E-state index < -0.39 is 17.5 Å². The minimum atomic E-state index is -1.03. The van der Waals surface area contributed by atoms with Gasteiger partial charge in [-0.1, -0.05) is 11.8 Å². The maximum atomic E-state index is 13.1. The zero-order chi connectivity index (χ0) is 16.9. The van der Waals surface area contributed by atoms with E-state index in [4.69, 9.17) is 4.42 Å². The Morgan fingerprint density at radius 1 is 1.21 bits per heavy atom. The Morgan fingerprint density at radius 3 is 2.83 bits per heavy atom. The minimum Gasteiger partial charge on any atom is -0.411 e. The van der Waals surface area contributed by atoms with Crippen molar-refractivity contribution in [1.82, 2.24) is 15.2 Å². The van der Waals surface area contributed by atoms with Gasteiger partial charge in [0.15, 0.2) is 11.6 Å². The Kier molecular flexibility index (Phi) is 4.80. The molecule has 3 rings (SSSR count). The standard InChI is InChI=1S/C15H10F2N4O2S/c16-11-4-3-10(6-12(11)17)19-13(22)8-24-15-21-20-14(23-15)9-2-1-5-18-7-9/h1-7H,8H2,(H,19,22). The van der Waals surface area contributed by atoms with Gasteiger partial charge in [0.05, 0.1) is 11.3 Å². The van der Waals surface area contributed by atoms with Crippen molar-refractivity contribution < 1.29 is 18.0 Å². The number of hydrogen-bond donors (Lipinski definition) is 1. The molecule has 0 saturated heterocycles. The molecule has 24 heavy (non-hydrogen) atoms. The topological polar surface area (TPSA) is 80.9 Å². The van der Waals surface area contributed by atoms with E-state index >= 15 is 0 Å². The third-order valence-electron chi connectivity index (χ3n) is 2.85. The van der Waals surface area contributed by atoms with E-state index in [1.165, 1.54) is 6.07 Å². The number of thioether (sulfide) groups is 1. The fraction of sp³-hybridized carbons (Fsp3) is 0.0667. The lowest BCUT2D eigenvalue weighted by Crippen LogP contribution is -2.14. The summed E-state index contributed by atoms with van der Waals surface area (Å²) in [6.07, 6.45) is 3.20. The van der Waals surface area contributed by atoms with Crippen LogP contribution in [0.15, 0.2) is 52.4 Å². The number of halogens is 2. The Labute approximate surface area is 139 Å². The van der Waals surface area contributed by atoms with E-state index in [0.717, 1.165) is 23.9 Å². The first kappa shape index (κ1) is 16.1. The molecule has 1 amide bonds. The molecule has 3 aromatic rings. The number of carbonyl (C=O) groups excluding carboxylic acids is 1. The first-order valence-corrected chi connectivity index (χ1v) is 7.72. The van der Waals surface area contributed by atoms with Gasteiger partial charge in [-0.05, 0) is 24.3 Å². The molecule has 6 nitrogen and oxygen atoms in total. The predicted molar refractivity (Wildman–Crippen MR) is 83.2 cm³/mol. The van der Waals surface area contributed by atoms with Crippen LogP contribution in [0, 0.1) is 11.6 Å². The molecule has 0 aliphatic rings. The van der Waals surface area contributed by atoms with E-state index in [0.29, 0.717) is 11.5 Å². The fourth-order valence-electron chi connectivity index (χ4n) is 1.77. The summed E-state index contributed by atoms with van der Waals surface area (Å²) in [5.41, 5.74) is 0.837. The second-order valence-electron chi connectivity index (χ2n) is 4.58. The fourth-order valence-corrected chi connectivity index (χ4v) is 2.34. The monoisotopic (exact) mass is 348 g/mol. The second kappa shape index (κ2) is 7.18. The van der Waals surface area contributed by atoms with E-state index in [9.17, 15) is 13.6 Å². The summed E-state index contributed by atoms with van der Waals surface area (Å²) in [6.45, 7) is 0. The summed E-state index contributed by atoms with van der Waals surface area (Å²) in [5, 5.41) is 10.4. The summed E-state index contributed by atoms with van der Waals surface area (Å²) in [5.74, 6) is -2.14. The lowest BCUT2D eigenvalue weighted by atomic mass is 10.3. The highest BCUT2D eigenvalue weighted by atomic mass is 32.2. The van der Waals surface area contributed by atoms with Gasteiger partial charge in [-0.3, -0.25) is 9.78 Å². The number of hydrogen-bond acceptors (Lipinski definition) is 6. The third-order valence-corrected chi connectivity index (χ3v) is 3.66. The van der Waals surface area contributed by atoms with Gasteiger partial charge in [0.25, 0.3) is 5.22 Å². The van der Waals surface area contributed by atoms with Gasteiger partial charge in [-0.15, -0.1) is 10.2 Å². The van der Waals surface area contributed by atoms with E-state index in [2.05, 4.69) is 20.5 Å². The number of nitrogens with zero attached hydrogens (tertiary/aromatic N) is 3. The van der Waals surface area contributed by atoms with Gasteiger partial charge in [-0.2, -0.15) is 0 Å². The molecule has 122 valence electrons. The van der Waals surface area contributed by atoms with Crippen molar-refractivity contribution in [3.63, 3.8) is 0 Å². The molecule has 0 bridgehead atoms. The lowest BCUT2D eigenvalue weighted by Gasteiger charge is -2.04. The smallest absolute Gasteiger partial charge is 0.277 e. The highest BCUT2D eigenvalue weighted by Gasteiger charge is 2.12. The lowest BCUT2D eigenvalue weighted by molar-refractivity contribution is -0.113. The number of anilines is 1. The van der Waals surface area contributed by atoms with Crippen LogP contribution in [0.4, 0.5) is 14.5 Å². The largest absolute Gasteiger partial charge is 0.411 e. The van der Waals surface area contributed by atoms with Crippen molar-refractivity contribution >= 4 is 23.4 Å². The van der Waals surface area contributed by atoms with Crippen molar-refractivity contribution in [1.29, 1.82) is 0 Å². The molecule has 9 heteroatoms. The number of aromatic nitrogens is 3. The molecule has 0 atom stereocenters. The predicted octanol–water partition coefficient (Wildman–Crippen LogP) is 3.14. The normalized spacial score (nSPS) is 10.6. The molecular formula is C15H10F2N4O2S. The molecule has 1 N–H and O–H groups in total. The van der Waals surface area contributed by atoms with Crippen LogP contribution in [0.3, 0.4) is 0 Å². The van der Waals surface area contributed by atoms with E-state index in [-0.39, 0.29) is 16.7 Å². The average molecular weight is 348 g/mol. The second-order valence-corrected chi connectivity index (χ2v) is 5.51. The van der Waals surface area contributed by atoms with Crippen molar-refractivity contribution in [3.05, 3.63) is 54.4 Å². The van der Waals surface area contributed by atoms with Crippen LogP contribution in [-0.4, -0.2) is 26.8 Å². The van der Waals surface area contributed by atoms with E-state index in [1.807, 2.05) is 0 Å². The SMILES string of the molecule is O=C(CSc1nnc(-c2cccnc2)o1)Nc1ccc(F)c(F)c1. The maximum absolute atomic E-state index is 13.1. The van der Waals surface area contributed by atoms with Gasteiger partial charge < -0.3 is 9.73 Å². The zero-order valence-electron chi connectivity index (χ0n) is 12.1. The summed E-state index contributed by atoms with van der Waals surface area (Å²) >= 11 is 1.03. The van der Waals surface area contributed by atoms with Gasteiger partial charge in [-0.25, -0.2) is 8.78 Å². The molecule has 0 aliphatic carbocycles. The molecule has 0 unspecified atom stereocenters. The van der Waals surface area contributed by atoms with Crippen molar-refractivity contribution in [2.24, 2.45) is 0 Å². The van der Waals surface area contributed by atoms with Crippen LogP contribution in [0.25, 0.3) is 11.5 Å². The van der Waals surface area contributed by atoms with Gasteiger partial charge >= 0.3 is 0 Å². The third kappa shape index (κ3) is 3.93. The molecule has 2 aromatic heterocycles. The summed E-state index contributed by atoms with van der Waals surface area (Å²) in [6, 6.07) is 6.63. The van der Waals surface area contributed by atoms with Crippen LogP contribution in [-0.2, 0) is 4.79 Å². The molecule has 0 spiro atoms. The summed E-state index contributed by atoms with van der Waals surface area (Å²) < 4.78 is 31.3. The van der Waals surface area contributed by atoms with Gasteiger partial charge in [0.1, 0.15) is 0 Å². The molecule has 0 aliphatic heterocycles. The van der Waals surface area contributed by atoms with E-state index in [1.54, 1.807) is 24.5 Å². The summed E-state index contributed by atoms with van der Waals surface area (Å²) in [7, 11) is 0.